The molecule has 3 heterocycles. The van der Waals surface area contributed by atoms with Crippen LogP contribution >= 0.6 is 11.8 Å². The Morgan fingerprint density at radius 3 is 3.03 bits per heavy atom. The number of benzene rings is 1. The Kier molecular flexibility index (Phi) is 8.05. The molecule has 2 fully saturated rings. The van der Waals surface area contributed by atoms with Gasteiger partial charge in [0.2, 0.25) is 0 Å². The first-order valence-corrected chi connectivity index (χ1v) is 12.4. The van der Waals surface area contributed by atoms with Gasteiger partial charge in [-0.3, -0.25) is 4.90 Å². The molecule has 4 rings (SSSR count). The number of thioether (sulfide) groups is 1. The molecule has 1 N–H and O–H groups in total. The van der Waals surface area contributed by atoms with E-state index in [-0.39, 0.29) is 5.75 Å². The van der Waals surface area contributed by atoms with Crippen molar-refractivity contribution in [3.05, 3.63) is 47.3 Å². The van der Waals surface area contributed by atoms with Gasteiger partial charge in [0.05, 0.1) is 18.9 Å². The first-order valence-electron chi connectivity index (χ1n) is 11.5. The van der Waals surface area contributed by atoms with E-state index in [1.54, 1.807) is 24.9 Å². The predicted octanol–water partition coefficient (Wildman–Crippen LogP) is 4.66. The van der Waals surface area contributed by atoms with E-state index in [1.165, 1.54) is 24.1 Å². The number of ether oxygens (including phenoxy) is 2. The van der Waals surface area contributed by atoms with Gasteiger partial charge in [0.1, 0.15) is 0 Å². The largest absolute Gasteiger partial charge is 0.504 e. The van der Waals surface area contributed by atoms with Gasteiger partial charge >= 0.3 is 0 Å². The van der Waals surface area contributed by atoms with Crippen molar-refractivity contribution in [1.82, 2.24) is 14.9 Å². The summed E-state index contributed by atoms with van der Waals surface area (Å²) in [5.41, 5.74) is 3.41. The summed E-state index contributed by atoms with van der Waals surface area (Å²) >= 11 is 1.72. The number of hydrogen-bond acceptors (Lipinski definition) is 7. The van der Waals surface area contributed by atoms with Crippen molar-refractivity contribution < 1.29 is 14.6 Å². The zero-order chi connectivity index (χ0) is 22.3. The van der Waals surface area contributed by atoms with Crippen LogP contribution in [0, 0.1) is 6.92 Å². The van der Waals surface area contributed by atoms with Crippen molar-refractivity contribution in [1.29, 1.82) is 0 Å². The average Bonchev–Trinajstić information content (AvgIpc) is 3.33. The van der Waals surface area contributed by atoms with Crippen LogP contribution in [0.25, 0.3) is 6.08 Å². The van der Waals surface area contributed by atoms with Crippen molar-refractivity contribution in [2.24, 2.45) is 0 Å². The fraction of sp³-hybridized carbons (Fsp3) is 0.520. The number of phenols is 1. The highest BCUT2D eigenvalue weighted by Gasteiger charge is 2.24. The Balaban J connectivity index is 1.35. The zero-order valence-electron chi connectivity index (χ0n) is 19.0. The zero-order valence-corrected chi connectivity index (χ0v) is 19.8. The molecule has 0 bridgehead atoms. The second kappa shape index (κ2) is 11.2. The van der Waals surface area contributed by atoms with Crippen LogP contribution in [0.3, 0.4) is 0 Å². The molecule has 0 amide bonds. The smallest absolute Gasteiger partial charge is 0.187 e. The van der Waals surface area contributed by atoms with Crippen LogP contribution in [0.1, 0.15) is 48.4 Å². The molecule has 172 valence electrons. The topological polar surface area (TPSA) is 67.7 Å². The summed E-state index contributed by atoms with van der Waals surface area (Å²) in [5.74, 6) is 2.04. The number of rotatable bonds is 8. The number of aromatic nitrogens is 2. The molecule has 32 heavy (non-hydrogen) atoms. The van der Waals surface area contributed by atoms with Crippen LogP contribution < -0.4 is 4.74 Å². The Bertz CT molecular complexity index is 931. The molecule has 1 aromatic heterocycles. The van der Waals surface area contributed by atoms with Gasteiger partial charge in [0, 0.05) is 37.6 Å². The molecule has 0 spiro atoms. The molecule has 2 aliphatic rings. The Morgan fingerprint density at radius 2 is 2.22 bits per heavy atom. The summed E-state index contributed by atoms with van der Waals surface area (Å²) in [6.45, 7) is 6.02. The normalized spacial score (nSPS) is 21.9. The van der Waals surface area contributed by atoms with Gasteiger partial charge < -0.3 is 14.6 Å². The molecule has 2 saturated heterocycles. The van der Waals surface area contributed by atoms with Crippen LogP contribution in [0.2, 0.25) is 0 Å². The van der Waals surface area contributed by atoms with Gasteiger partial charge in [0.15, 0.2) is 16.7 Å². The molecule has 0 saturated carbocycles. The van der Waals surface area contributed by atoms with E-state index >= 15 is 0 Å². The Hall–Kier alpha value is -2.09. The quantitative estimate of drug-likeness (QED) is 0.458. The summed E-state index contributed by atoms with van der Waals surface area (Å²) in [4.78, 5) is 12.0. The highest BCUT2D eigenvalue weighted by molar-refractivity contribution is 7.99. The van der Waals surface area contributed by atoms with Crippen LogP contribution in [0.5, 0.6) is 11.5 Å². The van der Waals surface area contributed by atoms with Gasteiger partial charge in [-0.25, -0.2) is 9.97 Å². The minimum Gasteiger partial charge on any atom is -0.504 e. The number of hydrogen-bond donors (Lipinski definition) is 1. The first kappa shape index (κ1) is 23.1. The standard InChI is InChI=1S/C25H33N3O3S/c1-18-15-26-25(32-17-21-8-5-13-31-21)27-24(18)20-7-4-12-28(16-20)11-3-6-19-9-10-22(29)23(14-19)30-2/h3,6,9-10,14-15,20-21,29H,4-5,7-8,11-13,16-17H2,1-2H3. The summed E-state index contributed by atoms with van der Waals surface area (Å²) in [6.07, 6.45) is 11.3. The second-order valence-corrected chi connectivity index (χ2v) is 9.59. The van der Waals surface area contributed by atoms with E-state index in [1.807, 2.05) is 18.3 Å². The number of aryl methyl sites for hydroxylation is 1. The Morgan fingerprint density at radius 1 is 1.31 bits per heavy atom. The molecule has 2 aliphatic heterocycles. The van der Waals surface area contributed by atoms with E-state index in [0.717, 1.165) is 55.6 Å². The fourth-order valence-electron chi connectivity index (χ4n) is 4.44. The van der Waals surface area contributed by atoms with Gasteiger partial charge in [-0.05, 0) is 62.4 Å². The van der Waals surface area contributed by atoms with E-state index in [4.69, 9.17) is 14.5 Å². The molecule has 0 radical (unpaired) electrons. The fourth-order valence-corrected chi connectivity index (χ4v) is 5.33. The minimum absolute atomic E-state index is 0.164. The molecule has 6 nitrogen and oxygen atoms in total. The Labute approximate surface area is 195 Å². The monoisotopic (exact) mass is 455 g/mol. The van der Waals surface area contributed by atoms with E-state index in [0.29, 0.717) is 17.8 Å². The second-order valence-electron chi connectivity index (χ2n) is 8.60. The highest BCUT2D eigenvalue weighted by Crippen LogP contribution is 2.30. The lowest BCUT2D eigenvalue weighted by molar-refractivity contribution is 0.129. The third-order valence-electron chi connectivity index (χ3n) is 6.18. The van der Waals surface area contributed by atoms with Gasteiger partial charge in [0.25, 0.3) is 0 Å². The van der Waals surface area contributed by atoms with Crippen molar-refractivity contribution in [3.63, 3.8) is 0 Å². The maximum Gasteiger partial charge on any atom is 0.187 e. The maximum atomic E-state index is 9.76. The number of piperidine rings is 1. The lowest BCUT2D eigenvalue weighted by Gasteiger charge is -2.32. The van der Waals surface area contributed by atoms with E-state index < -0.39 is 0 Å². The molecule has 7 heteroatoms. The third kappa shape index (κ3) is 6.03. The van der Waals surface area contributed by atoms with Crippen LogP contribution in [-0.2, 0) is 4.74 Å². The van der Waals surface area contributed by atoms with E-state index in [9.17, 15) is 5.11 Å². The molecule has 2 aromatic rings. The lowest BCUT2D eigenvalue weighted by atomic mass is 9.92. The van der Waals surface area contributed by atoms with Gasteiger partial charge in [-0.1, -0.05) is 30.0 Å². The van der Waals surface area contributed by atoms with Gasteiger partial charge in [-0.15, -0.1) is 0 Å². The maximum absolute atomic E-state index is 9.76. The number of nitrogens with zero attached hydrogens (tertiary/aromatic N) is 3. The van der Waals surface area contributed by atoms with Crippen LogP contribution in [-0.4, -0.2) is 65.2 Å². The molecular weight excluding hydrogens is 422 g/mol. The summed E-state index contributed by atoms with van der Waals surface area (Å²) < 4.78 is 10.9. The minimum atomic E-state index is 0.164. The lowest BCUT2D eigenvalue weighted by Crippen LogP contribution is -2.35. The van der Waals surface area contributed by atoms with Crippen molar-refractivity contribution >= 4 is 17.8 Å². The van der Waals surface area contributed by atoms with Crippen molar-refractivity contribution in [2.75, 3.05) is 39.1 Å². The van der Waals surface area contributed by atoms with Gasteiger partial charge in [-0.2, -0.15) is 0 Å². The summed E-state index contributed by atoms with van der Waals surface area (Å²) in [7, 11) is 1.57. The van der Waals surface area contributed by atoms with Crippen molar-refractivity contribution in [3.8, 4) is 11.5 Å². The van der Waals surface area contributed by atoms with Crippen LogP contribution in [0.4, 0.5) is 0 Å². The molecule has 0 aliphatic carbocycles. The SMILES string of the molecule is COc1cc(C=CCN2CCCC(c3nc(SCC4CCCO4)ncc3C)C2)ccc1O. The van der Waals surface area contributed by atoms with Crippen molar-refractivity contribution in [2.45, 2.75) is 49.8 Å². The van der Waals surface area contributed by atoms with E-state index in [2.05, 4.69) is 29.0 Å². The number of aromatic hydroxyl groups is 1. The summed E-state index contributed by atoms with van der Waals surface area (Å²) in [6, 6.07) is 5.42. The number of likely N-dealkylation sites (tertiary alicyclic amines) is 1. The van der Waals surface area contributed by atoms with Crippen LogP contribution in [0.15, 0.2) is 35.6 Å². The first-order chi connectivity index (χ1) is 15.6. The molecule has 2 atom stereocenters. The highest BCUT2D eigenvalue weighted by atomic mass is 32.2. The molecular formula is C25H33N3O3S. The number of methoxy groups -OCH3 is 1. The molecule has 2 unspecified atom stereocenters. The number of phenolic OH excluding ortho intramolecular Hbond substituents is 1. The summed E-state index contributed by atoms with van der Waals surface area (Å²) in [5, 5.41) is 10.6. The predicted molar refractivity (Wildman–Crippen MR) is 129 cm³/mol. The third-order valence-corrected chi connectivity index (χ3v) is 7.17. The average molecular weight is 456 g/mol. The molecule has 1 aromatic carbocycles.